The van der Waals surface area contributed by atoms with Crippen LogP contribution in [0.1, 0.15) is 11.1 Å². The molecule has 5 heteroatoms. The first-order valence-corrected chi connectivity index (χ1v) is 6.54. The Morgan fingerprint density at radius 3 is 2.23 bits per heavy atom. The predicted octanol–water partition coefficient (Wildman–Crippen LogP) is 2.87. The second-order valence-corrected chi connectivity index (χ2v) is 4.54. The van der Waals surface area contributed by atoms with Crippen LogP contribution in [0.3, 0.4) is 0 Å². The summed E-state index contributed by atoms with van der Waals surface area (Å²) in [6.45, 7) is 0. The van der Waals surface area contributed by atoms with Crippen LogP contribution in [0, 0.1) is 5.82 Å². The van der Waals surface area contributed by atoms with Crippen LogP contribution in [0.2, 0.25) is 0 Å². The highest BCUT2D eigenvalue weighted by molar-refractivity contribution is 6.23. The third-order valence-electron chi connectivity index (χ3n) is 3.14. The van der Waals surface area contributed by atoms with Crippen molar-refractivity contribution in [3.05, 3.63) is 59.4 Å². The lowest BCUT2D eigenvalue weighted by atomic mass is 10.0. The van der Waals surface area contributed by atoms with Gasteiger partial charge in [-0.05, 0) is 41.5 Å². The van der Waals surface area contributed by atoms with Crippen molar-refractivity contribution in [2.75, 3.05) is 14.2 Å². The summed E-state index contributed by atoms with van der Waals surface area (Å²) in [6.07, 6.45) is 1.62. The van der Waals surface area contributed by atoms with Crippen LogP contribution in [0.15, 0.2) is 42.5 Å². The molecular weight excluding hydrogens is 285 g/mol. The topological polar surface area (TPSA) is 61.5 Å². The molecule has 2 N–H and O–H groups in total. The van der Waals surface area contributed by atoms with E-state index < -0.39 is 5.91 Å². The van der Waals surface area contributed by atoms with E-state index in [1.54, 1.807) is 31.4 Å². The Morgan fingerprint density at radius 1 is 1.05 bits per heavy atom. The molecule has 0 aliphatic heterocycles. The third kappa shape index (κ3) is 3.44. The zero-order valence-corrected chi connectivity index (χ0v) is 12.3. The number of rotatable bonds is 5. The van der Waals surface area contributed by atoms with Crippen molar-refractivity contribution < 1.29 is 18.7 Å². The number of ether oxygens (including phenoxy) is 2. The number of primary amides is 1. The SMILES string of the molecule is COc1ccc(/C=C(/C(N)=O)c2ccc(F)cc2)cc1OC. The number of nitrogens with two attached hydrogens (primary N) is 1. The number of hydrogen-bond donors (Lipinski definition) is 1. The standard InChI is InChI=1S/C17H16FNO3/c1-21-15-8-3-11(10-16(15)22-2)9-14(17(19)20)12-4-6-13(18)7-5-12/h3-10H,1-2H3,(H2,19,20)/b14-9+. The van der Waals surface area contributed by atoms with Crippen LogP contribution in [-0.4, -0.2) is 20.1 Å². The van der Waals surface area contributed by atoms with Gasteiger partial charge >= 0.3 is 0 Å². The van der Waals surface area contributed by atoms with Gasteiger partial charge < -0.3 is 15.2 Å². The zero-order chi connectivity index (χ0) is 16.1. The highest BCUT2D eigenvalue weighted by Gasteiger charge is 2.10. The van der Waals surface area contributed by atoms with Gasteiger partial charge in [-0.25, -0.2) is 4.39 Å². The van der Waals surface area contributed by atoms with Crippen LogP contribution in [0.5, 0.6) is 11.5 Å². The average molecular weight is 301 g/mol. The van der Waals surface area contributed by atoms with E-state index in [1.807, 2.05) is 0 Å². The van der Waals surface area contributed by atoms with Crippen molar-refractivity contribution in [1.29, 1.82) is 0 Å². The number of methoxy groups -OCH3 is 2. The van der Waals surface area contributed by atoms with E-state index in [-0.39, 0.29) is 11.4 Å². The normalized spacial score (nSPS) is 11.1. The molecule has 2 aromatic carbocycles. The molecule has 1 amide bonds. The Kier molecular flexibility index (Phi) is 4.78. The fraction of sp³-hybridized carbons (Fsp3) is 0.118. The van der Waals surface area contributed by atoms with Gasteiger partial charge in [0.15, 0.2) is 11.5 Å². The first kappa shape index (κ1) is 15.6. The Morgan fingerprint density at radius 2 is 1.68 bits per heavy atom. The van der Waals surface area contributed by atoms with Gasteiger partial charge in [0.25, 0.3) is 0 Å². The molecule has 0 aliphatic carbocycles. The molecular formula is C17H16FNO3. The average Bonchev–Trinajstić information content (AvgIpc) is 2.53. The van der Waals surface area contributed by atoms with Gasteiger partial charge in [0.2, 0.25) is 5.91 Å². The first-order valence-electron chi connectivity index (χ1n) is 6.54. The summed E-state index contributed by atoms with van der Waals surface area (Å²) >= 11 is 0. The quantitative estimate of drug-likeness (QED) is 0.682. The highest BCUT2D eigenvalue weighted by Crippen LogP contribution is 2.29. The number of hydrogen-bond acceptors (Lipinski definition) is 3. The van der Waals surface area contributed by atoms with Crippen LogP contribution < -0.4 is 15.2 Å². The van der Waals surface area contributed by atoms with Crippen molar-refractivity contribution in [3.8, 4) is 11.5 Å². The van der Waals surface area contributed by atoms with Crippen molar-refractivity contribution in [2.45, 2.75) is 0 Å². The molecule has 2 aromatic rings. The number of carbonyl (C=O) groups excluding carboxylic acids is 1. The smallest absolute Gasteiger partial charge is 0.249 e. The summed E-state index contributed by atoms with van der Waals surface area (Å²) in [7, 11) is 3.07. The van der Waals surface area contributed by atoms with E-state index >= 15 is 0 Å². The van der Waals surface area contributed by atoms with E-state index in [4.69, 9.17) is 15.2 Å². The molecule has 0 saturated carbocycles. The number of carbonyl (C=O) groups is 1. The Labute approximate surface area is 128 Å². The second kappa shape index (κ2) is 6.76. The summed E-state index contributed by atoms with van der Waals surface area (Å²) in [5.41, 5.74) is 6.97. The maximum atomic E-state index is 13.0. The highest BCUT2D eigenvalue weighted by atomic mass is 19.1. The van der Waals surface area contributed by atoms with E-state index in [0.717, 1.165) is 5.56 Å². The largest absolute Gasteiger partial charge is 0.493 e. The predicted molar refractivity (Wildman–Crippen MR) is 83.0 cm³/mol. The fourth-order valence-electron chi connectivity index (χ4n) is 2.04. The van der Waals surface area contributed by atoms with E-state index in [0.29, 0.717) is 17.1 Å². The molecule has 0 atom stereocenters. The molecule has 0 saturated heterocycles. The van der Waals surface area contributed by atoms with E-state index in [9.17, 15) is 9.18 Å². The lowest BCUT2D eigenvalue weighted by Crippen LogP contribution is -2.12. The van der Waals surface area contributed by atoms with Crippen LogP contribution >= 0.6 is 0 Å². The molecule has 0 fully saturated rings. The molecule has 0 heterocycles. The monoisotopic (exact) mass is 301 g/mol. The van der Waals surface area contributed by atoms with Gasteiger partial charge in [0.05, 0.1) is 14.2 Å². The zero-order valence-electron chi connectivity index (χ0n) is 12.3. The molecule has 2 rings (SSSR count). The summed E-state index contributed by atoms with van der Waals surface area (Å²) < 4.78 is 23.4. The third-order valence-corrected chi connectivity index (χ3v) is 3.14. The van der Waals surface area contributed by atoms with Crippen LogP contribution in [0.25, 0.3) is 11.6 Å². The summed E-state index contributed by atoms with van der Waals surface area (Å²) in [5.74, 6) is 0.154. The number of benzene rings is 2. The van der Waals surface area contributed by atoms with Crippen molar-refractivity contribution in [3.63, 3.8) is 0 Å². The molecule has 22 heavy (non-hydrogen) atoms. The second-order valence-electron chi connectivity index (χ2n) is 4.54. The molecule has 0 bridgehead atoms. The first-order chi connectivity index (χ1) is 10.5. The maximum Gasteiger partial charge on any atom is 0.249 e. The van der Waals surface area contributed by atoms with Gasteiger partial charge in [-0.3, -0.25) is 4.79 Å². The van der Waals surface area contributed by atoms with Crippen molar-refractivity contribution >= 4 is 17.6 Å². The lowest BCUT2D eigenvalue weighted by Gasteiger charge is -2.09. The molecule has 0 unspecified atom stereocenters. The molecule has 0 aromatic heterocycles. The van der Waals surface area contributed by atoms with Gasteiger partial charge in [0, 0.05) is 5.57 Å². The van der Waals surface area contributed by atoms with Crippen molar-refractivity contribution in [1.82, 2.24) is 0 Å². The minimum absolute atomic E-state index is 0.284. The Balaban J connectivity index is 2.46. The van der Waals surface area contributed by atoms with Gasteiger partial charge in [-0.15, -0.1) is 0 Å². The van der Waals surface area contributed by atoms with E-state index in [2.05, 4.69) is 0 Å². The maximum absolute atomic E-state index is 13.0. The minimum atomic E-state index is -0.596. The molecule has 0 spiro atoms. The van der Waals surface area contributed by atoms with Gasteiger partial charge in [-0.1, -0.05) is 18.2 Å². The molecule has 4 nitrogen and oxygen atoms in total. The fourth-order valence-corrected chi connectivity index (χ4v) is 2.04. The Hall–Kier alpha value is -2.82. The summed E-state index contributed by atoms with van der Waals surface area (Å²) in [6, 6.07) is 10.8. The van der Waals surface area contributed by atoms with Gasteiger partial charge in [0.1, 0.15) is 5.82 Å². The van der Waals surface area contributed by atoms with Gasteiger partial charge in [-0.2, -0.15) is 0 Å². The molecule has 114 valence electrons. The van der Waals surface area contributed by atoms with Crippen LogP contribution in [0.4, 0.5) is 4.39 Å². The molecule has 0 aliphatic rings. The summed E-state index contributed by atoms with van der Waals surface area (Å²) in [5, 5.41) is 0. The minimum Gasteiger partial charge on any atom is -0.493 e. The number of halogens is 1. The van der Waals surface area contributed by atoms with E-state index in [1.165, 1.54) is 31.4 Å². The number of amides is 1. The summed E-state index contributed by atoms with van der Waals surface area (Å²) in [4.78, 5) is 11.7. The van der Waals surface area contributed by atoms with Crippen LogP contribution in [-0.2, 0) is 4.79 Å². The lowest BCUT2D eigenvalue weighted by molar-refractivity contribution is -0.112. The Bertz CT molecular complexity index is 708. The van der Waals surface area contributed by atoms with Crippen molar-refractivity contribution in [2.24, 2.45) is 5.73 Å². The molecule has 0 radical (unpaired) electrons.